The van der Waals surface area contributed by atoms with Crippen LogP contribution in [0, 0.1) is 11.6 Å². The van der Waals surface area contributed by atoms with Crippen LogP contribution in [-0.4, -0.2) is 107 Å². The molecule has 3 atom stereocenters. The lowest BCUT2D eigenvalue weighted by atomic mass is 9.88. The summed E-state index contributed by atoms with van der Waals surface area (Å²) in [6, 6.07) is 4.75. The molecule has 10 nitrogen and oxygen atoms in total. The quantitative estimate of drug-likeness (QED) is 0.468. The van der Waals surface area contributed by atoms with Crippen molar-refractivity contribution in [3.05, 3.63) is 58.9 Å². The molecule has 2 fully saturated rings. The molecule has 1 unspecified atom stereocenters. The standard InChI is InChI=1S/C34H45F2N5O5/c1-21-14-38(26(16-39-15-22(2)45-19-31(39)43)17-40(21)32(44)46-33(3,4)5)18-30(42)41-20-34(6,7)27-13-37-25(12-29(27)41)10-23-8-9-24(35)11-28(23)36/h8-9,11-13,21-22,26H,10,14-20H2,1-7H3/t21-,22?,26+/m1/s1. The van der Waals surface area contributed by atoms with Gasteiger partial charge in [-0.1, -0.05) is 19.9 Å². The van der Waals surface area contributed by atoms with Gasteiger partial charge in [0, 0.05) is 80.2 Å². The second kappa shape index (κ2) is 12.9. The summed E-state index contributed by atoms with van der Waals surface area (Å²) >= 11 is 0. The summed E-state index contributed by atoms with van der Waals surface area (Å²) in [6.45, 7) is 15.4. The fraction of sp³-hybridized carbons (Fsp3) is 0.588. The monoisotopic (exact) mass is 641 g/mol. The van der Waals surface area contributed by atoms with Gasteiger partial charge in [0.2, 0.25) is 11.8 Å². The van der Waals surface area contributed by atoms with E-state index >= 15 is 0 Å². The molecule has 2 aromatic rings. The van der Waals surface area contributed by atoms with Crippen LogP contribution in [0.5, 0.6) is 0 Å². The number of hydrogen-bond donors (Lipinski definition) is 0. The van der Waals surface area contributed by atoms with E-state index < -0.39 is 23.3 Å². The summed E-state index contributed by atoms with van der Waals surface area (Å²) in [6.07, 6.45) is 1.35. The van der Waals surface area contributed by atoms with E-state index in [0.717, 1.165) is 17.3 Å². The molecule has 4 heterocycles. The maximum absolute atomic E-state index is 14.4. The van der Waals surface area contributed by atoms with Gasteiger partial charge in [0.05, 0.1) is 18.3 Å². The zero-order valence-electron chi connectivity index (χ0n) is 27.8. The van der Waals surface area contributed by atoms with Gasteiger partial charge in [0.15, 0.2) is 0 Å². The van der Waals surface area contributed by atoms with Crippen molar-refractivity contribution in [2.75, 3.05) is 50.8 Å². The fourth-order valence-corrected chi connectivity index (χ4v) is 6.49. The topological polar surface area (TPSA) is 95.5 Å². The minimum absolute atomic E-state index is 0.00314. The zero-order valence-corrected chi connectivity index (χ0v) is 27.8. The van der Waals surface area contributed by atoms with Gasteiger partial charge in [-0.3, -0.25) is 19.5 Å². The van der Waals surface area contributed by atoms with Crippen LogP contribution in [0.15, 0.2) is 30.5 Å². The average Bonchev–Trinajstić information content (AvgIpc) is 3.22. The van der Waals surface area contributed by atoms with E-state index in [-0.39, 0.29) is 55.0 Å². The number of morpholine rings is 1. The first-order chi connectivity index (χ1) is 21.5. The van der Waals surface area contributed by atoms with Gasteiger partial charge in [-0.15, -0.1) is 0 Å². The molecule has 0 spiro atoms. The second-order valence-corrected chi connectivity index (χ2v) is 14.5. The number of aromatic nitrogens is 1. The Bertz CT molecular complexity index is 1490. The Morgan fingerprint density at radius 1 is 1.11 bits per heavy atom. The Hall–Kier alpha value is -3.64. The summed E-state index contributed by atoms with van der Waals surface area (Å²) in [4.78, 5) is 51.9. The zero-order chi connectivity index (χ0) is 33.6. The van der Waals surface area contributed by atoms with Crippen molar-refractivity contribution in [3.8, 4) is 0 Å². The summed E-state index contributed by atoms with van der Waals surface area (Å²) in [5.74, 6) is -1.54. The van der Waals surface area contributed by atoms with Crippen LogP contribution in [0.25, 0.3) is 0 Å². The highest BCUT2D eigenvalue weighted by Gasteiger charge is 2.42. The second-order valence-electron chi connectivity index (χ2n) is 14.5. The third kappa shape index (κ3) is 7.49. The SMILES string of the molecule is CC1CN(C[C@H]2CN(C(=O)OC(C)(C)C)[C@H](C)CN2CC(=O)N2CC(C)(C)c3cnc(Cc4ccc(F)cc4F)cc32)C(=O)CO1. The van der Waals surface area contributed by atoms with Crippen LogP contribution in [0.1, 0.15) is 65.3 Å². The lowest BCUT2D eigenvalue weighted by molar-refractivity contribution is -0.149. The minimum atomic E-state index is -0.666. The number of ether oxygens (including phenoxy) is 2. The molecule has 12 heteroatoms. The molecule has 1 aromatic heterocycles. The van der Waals surface area contributed by atoms with Gasteiger partial charge < -0.3 is 24.2 Å². The number of anilines is 1. The number of nitrogens with zero attached hydrogens (tertiary/aromatic N) is 5. The van der Waals surface area contributed by atoms with Crippen LogP contribution in [-0.2, 0) is 30.9 Å². The molecule has 250 valence electrons. The molecule has 0 radical (unpaired) electrons. The van der Waals surface area contributed by atoms with Crippen molar-refractivity contribution in [3.63, 3.8) is 0 Å². The summed E-state index contributed by atoms with van der Waals surface area (Å²) in [7, 11) is 0. The van der Waals surface area contributed by atoms with Crippen molar-refractivity contribution in [2.24, 2.45) is 0 Å². The van der Waals surface area contributed by atoms with Crippen molar-refractivity contribution >= 4 is 23.6 Å². The number of fused-ring (bicyclic) bond motifs is 1. The number of carbonyl (C=O) groups excluding carboxylic acids is 3. The number of pyridine rings is 1. The Morgan fingerprint density at radius 2 is 1.85 bits per heavy atom. The molecular formula is C34H45F2N5O5. The highest BCUT2D eigenvalue weighted by molar-refractivity contribution is 5.97. The number of benzene rings is 1. The highest BCUT2D eigenvalue weighted by Crippen LogP contribution is 2.41. The first-order valence-electron chi connectivity index (χ1n) is 15.9. The summed E-state index contributed by atoms with van der Waals surface area (Å²) in [5, 5.41) is 0. The number of hydrogen-bond acceptors (Lipinski definition) is 7. The molecule has 3 aliphatic heterocycles. The van der Waals surface area contributed by atoms with E-state index in [0.29, 0.717) is 44.0 Å². The van der Waals surface area contributed by atoms with Crippen molar-refractivity contribution in [1.82, 2.24) is 19.7 Å². The Labute approximate surface area is 269 Å². The van der Waals surface area contributed by atoms with E-state index in [1.54, 1.807) is 20.9 Å². The lowest BCUT2D eigenvalue weighted by Crippen LogP contribution is -2.64. The Balaban J connectivity index is 1.38. The number of piperazine rings is 1. The van der Waals surface area contributed by atoms with Crippen molar-refractivity contribution in [1.29, 1.82) is 0 Å². The maximum Gasteiger partial charge on any atom is 0.410 e. The third-order valence-corrected chi connectivity index (χ3v) is 8.87. The molecular weight excluding hydrogens is 596 g/mol. The van der Waals surface area contributed by atoms with Crippen LogP contribution >= 0.6 is 0 Å². The molecule has 3 amide bonds. The van der Waals surface area contributed by atoms with Crippen LogP contribution in [0.3, 0.4) is 0 Å². The normalized spacial score (nSPS) is 23.5. The molecule has 0 bridgehead atoms. The summed E-state index contributed by atoms with van der Waals surface area (Å²) < 4.78 is 39.1. The lowest BCUT2D eigenvalue weighted by Gasteiger charge is -2.47. The molecule has 5 rings (SSSR count). The minimum Gasteiger partial charge on any atom is -0.444 e. The first kappa shape index (κ1) is 33.7. The number of amides is 3. The van der Waals surface area contributed by atoms with Gasteiger partial charge in [-0.05, 0) is 52.3 Å². The van der Waals surface area contributed by atoms with E-state index in [1.807, 2.05) is 40.7 Å². The molecule has 0 N–H and O–H groups in total. The van der Waals surface area contributed by atoms with Crippen LogP contribution in [0.2, 0.25) is 0 Å². The molecule has 1 aromatic carbocycles. The predicted octanol–water partition coefficient (Wildman–Crippen LogP) is 4.13. The van der Waals surface area contributed by atoms with Crippen molar-refractivity contribution in [2.45, 2.75) is 84.1 Å². The van der Waals surface area contributed by atoms with E-state index in [9.17, 15) is 23.2 Å². The van der Waals surface area contributed by atoms with Gasteiger partial charge in [-0.25, -0.2) is 13.6 Å². The molecule has 46 heavy (non-hydrogen) atoms. The van der Waals surface area contributed by atoms with E-state index in [2.05, 4.69) is 23.7 Å². The average molecular weight is 642 g/mol. The first-order valence-corrected chi connectivity index (χ1v) is 15.9. The molecule has 2 saturated heterocycles. The predicted molar refractivity (Wildman–Crippen MR) is 169 cm³/mol. The maximum atomic E-state index is 14.4. The highest BCUT2D eigenvalue weighted by atomic mass is 19.1. The van der Waals surface area contributed by atoms with E-state index in [1.165, 1.54) is 12.1 Å². The van der Waals surface area contributed by atoms with Gasteiger partial charge in [0.1, 0.15) is 23.8 Å². The van der Waals surface area contributed by atoms with Crippen molar-refractivity contribution < 1.29 is 32.6 Å². The summed E-state index contributed by atoms with van der Waals surface area (Å²) in [5.41, 5.74) is 1.48. The number of carbonyl (C=O) groups is 3. The number of halogens is 2. The largest absolute Gasteiger partial charge is 0.444 e. The molecule has 3 aliphatic rings. The number of rotatable bonds is 6. The van der Waals surface area contributed by atoms with E-state index in [4.69, 9.17) is 9.47 Å². The smallest absolute Gasteiger partial charge is 0.410 e. The molecule has 0 saturated carbocycles. The van der Waals surface area contributed by atoms with Gasteiger partial charge in [0.25, 0.3) is 0 Å². The van der Waals surface area contributed by atoms with Gasteiger partial charge >= 0.3 is 6.09 Å². The fourth-order valence-electron chi connectivity index (χ4n) is 6.49. The van der Waals surface area contributed by atoms with Gasteiger partial charge in [-0.2, -0.15) is 0 Å². The Morgan fingerprint density at radius 3 is 2.54 bits per heavy atom. The molecule has 0 aliphatic carbocycles. The third-order valence-electron chi connectivity index (χ3n) is 8.87. The Kier molecular flexibility index (Phi) is 9.43. The van der Waals surface area contributed by atoms with Crippen LogP contribution < -0.4 is 4.90 Å². The van der Waals surface area contributed by atoms with Crippen LogP contribution in [0.4, 0.5) is 19.3 Å².